The largest absolute Gasteiger partial charge is 0.444 e. The summed E-state index contributed by atoms with van der Waals surface area (Å²) in [4.78, 5) is 15.8. The van der Waals surface area contributed by atoms with Crippen molar-refractivity contribution >= 4 is 23.4 Å². The van der Waals surface area contributed by atoms with Gasteiger partial charge in [-0.15, -0.1) is 0 Å². The van der Waals surface area contributed by atoms with Crippen LogP contribution < -0.4 is 5.32 Å². The lowest BCUT2D eigenvalue weighted by molar-refractivity contribution is 0.0636. The fraction of sp³-hybridized carbons (Fsp3) is 0.357. The average Bonchev–Trinajstić information content (AvgIpc) is 2.73. The van der Waals surface area contributed by atoms with E-state index >= 15 is 0 Å². The minimum Gasteiger partial charge on any atom is -0.444 e. The summed E-state index contributed by atoms with van der Waals surface area (Å²) in [5, 5.41) is 6.82. The molecule has 0 aliphatic heterocycles. The fourth-order valence-corrected chi connectivity index (χ4v) is 1.87. The summed E-state index contributed by atoms with van der Waals surface area (Å²) >= 11 is 6.18. The molecule has 0 atom stereocenters. The molecular weight excluding hydrogens is 294 g/mol. The molecule has 0 saturated heterocycles. The molecule has 6 nitrogen and oxygen atoms in total. The lowest BCUT2D eigenvalue weighted by Gasteiger charge is -2.19. The Morgan fingerprint density at radius 2 is 2.10 bits per heavy atom. The summed E-state index contributed by atoms with van der Waals surface area (Å²) in [6.45, 7) is 7.08. The summed E-state index contributed by atoms with van der Waals surface area (Å²) in [6.07, 6.45) is -0.540. The van der Waals surface area contributed by atoms with Gasteiger partial charge in [0.15, 0.2) is 0 Å². The Kier molecular flexibility index (Phi) is 4.18. The molecule has 1 aromatic heterocycles. The lowest BCUT2D eigenvalue weighted by Crippen LogP contribution is -2.27. The second-order valence-electron chi connectivity index (χ2n) is 5.46. The Morgan fingerprint density at radius 1 is 1.38 bits per heavy atom. The van der Waals surface area contributed by atoms with Gasteiger partial charge in [0.1, 0.15) is 5.60 Å². The topological polar surface area (TPSA) is 77.2 Å². The first-order chi connectivity index (χ1) is 9.74. The van der Waals surface area contributed by atoms with Gasteiger partial charge in [-0.05, 0) is 39.0 Å². The van der Waals surface area contributed by atoms with E-state index in [1.807, 2.05) is 0 Å². The van der Waals surface area contributed by atoms with Crippen LogP contribution >= 0.6 is 11.6 Å². The molecule has 1 heterocycles. The number of nitrogens with zero attached hydrogens (tertiary/aromatic N) is 2. The van der Waals surface area contributed by atoms with E-state index < -0.39 is 11.7 Å². The second kappa shape index (κ2) is 5.73. The molecule has 1 aromatic carbocycles. The van der Waals surface area contributed by atoms with Gasteiger partial charge in [0.2, 0.25) is 11.7 Å². The number of ether oxygens (including phenoxy) is 1. The summed E-state index contributed by atoms with van der Waals surface area (Å²) in [6, 6.07) is 5.00. The van der Waals surface area contributed by atoms with Crippen LogP contribution in [0.4, 0.5) is 10.5 Å². The van der Waals surface area contributed by atoms with Gasteiger partial charge in [0, 0.05) is 18.2 Å². The van der Waals surface area contributed by atoms with E-state index in [1.165, 1.54) is 0 Å². The molecule has 0 radical (unpaired) electrons. The number of hydrogen-bond acceptors (Lipinski definition) is 5. The van der Waals surface area contributed by atoms with Crippen LogP contribution in [0.15, 0.2) is 22.7 Å². The Morgan fingerprint density at radius 3 is 2.62 bits per heavy atom. The smallest absolute Gasteiger partial charge is 0.412 e. The molecule has 2 aromatic rings. The maximum absolute atomic E-state index is 11.7. The zero-order valence-corrected chi connectivity index (χ0v) is 13.0. The van der Waals surface area contributed by atoms with Crippen LogP contribution in [0, 0.1) is 6.92 Å². The first-order valence-corrected chi connectivity index (χ1v) is 6.72. The first-order valence-electron chi connectivity index (χ1n) is 6.35. The number of anilines is 1. The first kappa shape index (κ1) is 15.3. The van der Waals surface area contributed by atoms with Crippen LogP contribution in [0.5, 0.6) is 0 Å². The molecule has 0 spiro atoms. The van der Waals surface area contributed by atoms with Crippen molar-refractivity contribution < 1.29 is 14.1 Å². The SMILES string of the molecule is Cc1nc(-c2ccc(NC(=O)OC(C)(C)C)cc2Cl)no1. The maximum Gasteiger partial charge on any atom is 0.412 e. The van der Waals surface area contributed by atoms with Crippen molar-refractivity contribution in [3.05, 3.63) is 29.1 Å². The number of carbonyl (C=O) groups is 1. The summed E-state index contributed by atoms with van der Waals surface area (Å²) in [5.74, 6) is 0.860. The van der Waals surface area contributed by atoms with Crippen molar-refractivity contribution in [3.8, 4) is 11.4 Å². The van der Waals surface area contributed by atoms with Crippen molar-refractivity contribution in [2.24, 2.45) is 0 Å². The van der Waals surface area contributed by atoms with Crippen LogP contribution in [0.2, 0.25) is 5.02 Å². The molecule has 2 rings (SSSR count). The lowest BCUT2D eigenvalue weighted by atomic mass is 10.2. The average molecular weight is 310 g/mol. The molecule has 21 heavy (non-hydrogen) atoms. The van der Waals surface area contributed by atoms with E-state index in [1.54, 1.807) is 45.9 Å². The third-order valence-electron chi connectivity index (χ3n) is 2.38. The molecule has 1 N–H and O–H groups in total. The highest BCUT2D eigenvalue weighted by molar-refractivity contribution is 6.33. The maximum atomic E-state index is 11.7. The molecule has 0 bridgehead atoms. The molecule has 1 amide bonds. The van der Waals surface area contributed by atoms with Crippen LogP contribution in [-0.2, 0) is 4.74 Å². The quantitative estimate of drug-likeness (QED) is 0.905. The van der Waals surface area contributed by atoms with E-state index in [4.69, 9.17) is 20.9 Å². The van der Waals surface area contributed by atoms with Crippen LogP contribution in [0.3, 0.4) is 0 Å². The monoisotopic (exact) mass is 309 g/mol. The van der Waals surface area contributed by atoms with Gasteiger partial charge in [0.05, 0.1) is 5.02 Å². The van der Waals surface area contributed by atoms with Crippen molar-refractivity contribution in [3.63, 3.8) is 0 Å². The molecule has 0 unspecified atom stereocenters. The Labute approximate surface area is 127 Å². The van der Waals surface area contributed by atoms with Gasteiger partial charge >= 0.3 is 6.09 Å². The number of aromatic nitrogens is 2. The zero-order valence-electron chi connectivity index (χ0n) is 12.2. The number of nitrogens with one attached hydrogen (secondary N) is 1. The van der Waals surface area contributed by atoms with E-state index in [-0.39, 0.29) is 0 Å². The van der Waals surface area contributed by atoms with Gasteiger partial charge in [-0.3, -0.25) is 5.32 Å². The van der Waals surface area contributed by atoms with Gasteiger partial charge in [-0.25, -0.2) is 4.79 Å². The van der Waals surface area contributed by atoms with Gasteiger partial charge < -0.3 is 9.26 Å². The summed E-state index contributed by atoms with van der Waals surface area (Å²) in [7, 11) is 0. The van der Waals surface area contributed by atoms with Crippen LogP contribution in [-0.4, -0.2) is 21.8 Å². The Balaban J connectivity index is 2.14. The third-order valence-corrected chi connectivity index (χ3v) is 2.70. The Hall–Kier alpha value is -2.08. The zero-order chi connectivity index (χ0) is 15.6. The van der Waals surface area contributed by atoms with Gasteiger partial charge in [-0.2, -0.15) is 4.98 Å². The van der Waals surface area contributed by atoms with E-state index in [0.29, 0.717) is 28.0 Å². The normalized spacial score (nSPS) is 11.3. The fourth-order valence-electron chi connectivity index (χ4n) is 1.60. The third kappa shape index (κ3) is 4.19. The van der Waals surface area contributed by atoms with Crippen molar-refractivity contribution in [1.82, 2.24) is 10.1 Å². The molecule has 112 valence electrons. The number of rotatable bonds is 2. The highest BCUT2D eigenvalue weighted by Gasteiger charge is 2.17. The van der Waals surface area contributed by atoms with Gasteiger partial charge in [-0.1, -0.05) is 16.8 Å². The standard InChI is InChI=1S/C14H16ClN3O3/c1-8-16-12(18-21-8)10-6-5-9(7-11(10)15)17-13(19)20-14(2,3)4/h5-7H,1-4H3,(H,17,19). The van der Waals surface area contributed by atoms with Crippen molar-refractivity contribution in [2.75, 3.05) is 5.32 Å². The molecule has 0 saturated carbocycles. The predicted octanol–water partition coefficient (Wildman–Crippen LogP) is 4.05. The number of carbonyl (C=O) groups excluding carboxylic acids is 1. The number of amides is 1. The van der Waals surface area contributed by atoms with Crippen LogP contribution in [0.25, 0.3) is 11.4 Å². The minimum atomic E-state index is -0.560. The van der Waals surface area contributed by atoms with E-state index in [9.17, 15) is 4.79 Å². The van der Waals surface area contributed by atoms with Gasteiger partial charge in [0.25, 0.3) is 0 Å². The molecular formula is C14H16ClN3O3. The summed E-state index contributed by atoms with van der Waals surface area (Å²) in [5.41, 5.74) is 0.595. The molecule has 0 aliphatic rings. The minimum absolute atomic E-state index is 0.404. The van der Waals surface area contributed by atoms with Crippen molar-refractivity contribution in [2.45, 2.75) is 33.3 Å². The predicted molar refractivity (Wildman–Crippen MR) is 79.3 cm³/mol. The highest BCUT2D eigenvalue weighted by atomic mass is 35.5. The number of hydrogen-bond donors (Lipinski definition) is 1. The number of benzene rings is 1. The van der Waals surface area contributed by atoms with E-state index in [2.05, 4.69) is 15.5 Å². The second-order valence-corrected chi connectivity index (χ2v) is 5.87. The highest BCUT2D eigenvalue weighted by Crippen LogP contribution is 2.28. The number of aryl methyl sites for hydroxylation is 1. The Bertz CT molecular complexity index is 662. The number of halogens is 1. The molecule has 0 fully saturated rings. The summed E-state index contributed by atoms with van der Waals surface area (Å²) < 4.78 is 10.1. The van der Waals surface area contributed by atoms with E-state index in [0.717, 1.165) is 0 Å². The molecule has 7 heteroatoms. The van der Waals surface area contributed by atoms with Crippen molar-refractivity contribution in [1.29, 1.82) is 0 Å². The molecule has 0 aliphatic carbocycles. The van der Waals surface area contributed by atoms with Crippen LogP contribution in [0.1, 0.15) is 26.7 Å².